The molecule has 0 bridgehead atoms. The van der Waals surface area contributed by atoms with Gasteiger partial charge >= 0.3 is 0 Å². The van der Waals surface area contributed by atoms with Crippen molar-refractivity contribution in [1.29, 1.82) is 0 Å². The Bertz CT molecular complexity index is 549. The Morgan fingerprint density at radius 2 is 2.22 bits per heavy atom. The molecule has 8 heteroatoms. The zero-order valence-electron chi connectivity index (χ0n) is 9.52. The fourth-order valence-corrected chi connectivity index (χ4v) is 1.67. The first-order chi connectivity index (χ1) is 8.83. The monoisotopic (exact) mass is 245 g/mol. The van der Waals surface area contributed by atoms with E-state index in [0.717, 1.165) is 18.5 Å². The summed E-state index contributed by atoms with van der Waals surface area (Å²) in [5.41, 5.74) is 0.863. The van der Waals surface area contributed by atoms with E-state index in [9.17, 15) is 4.79 Å². The zero-order valence-corrected chi connectivity index (χ0v) is 9.52. The molecule has 18 heavy (non-hydrogen) atoms. The first-order valence-electron chi connectivity index (χ1n) is 5.64. The fourth-order valence-electron chi connectivity index (χ4n) is 1.67. The number of aromatic nitrogens is 6. The second kappa shape index (κ2) is 4.47. The third-order valence-corrected chi connectivity index (χ3v) is 2.65. The quantitative estimate of drug-likeness (QED) is 0.812. The van der Waals surface area contributed by atoms with Crippen LogP contribution in [0.4, 0.5) is 5.82 Å². The van der Waals surface area contributed by atoms with Crippen LogP contribution in [0.25, 0.3) is 0 Å². The Morgan fingerprint density at radius 1 is 1.39 bits per heavy atom. The second-order valence-electron chi connectivity index (χ2n) is 4.12. The minimum absolute atomic E-state index is 0.0632. The predicted molar refractivity (Wildman–Crippen MR) is 60.5 cm³/mol. The van der Waals surface area contributed by atoms with E-state index in [-0.39, 0.29) is 12.5 Å². The molecule has 8 nitrogen and oxygen atoms in total. The molecule has 0 aliphatic heterocycles. The molecule has 0 radical (unpaired) electrons. The largest absolute Gasteiger partial charge is 0.308 e. The average Bonchev–Trinajstić information content (AvgIpc) is 3.09. The standard InChI is InChI=1S/C10H11N7O/c18-8(5-17-6-13-15-16-17)14-10-9(7-1-2-7)11-3-4-12-10/h3-4,6-7H,1-2,5H2,(H,12,14,18). The molecule has 1 amide bonds. The van der Waals surface area contributed by atoms with Gasteiger partial charge in [-0.2, -0.15) is 0 Å². The van der Waals surface area contributed by atoms with Crippen molar-refractivity contribution in [2.45, 2.75) is 25.3 Å². The van der Waals surface area contributed by atoms with Crippen molar-refractivity contribution in [2.24, 2.45) is 0 Å². The lowest BCUT2D eigenvalue weighted by Crippen LogP contribution is -2.20. The molecule has 1 fully saturated rings. The molecule has 1 aliphatic rings. The molecule has 2 heterocycles. The van der Waals surface area contributed by atoms with Crippen molar-refractivity contribution < 1.29 is 4.79 Å². The normalized spacial score (nSPS) is 14.4. The third kappa shape index (κ3) is 2.31. The Kier molecular flexibility index (Phi) is 2.67. The van der Waals surface area contributed by atoms with Crippen LogP contribution in [0, 0.1) is 0 Å². The fraction of sp³-hybridized carbons (Fsp3) is 0.400. The van der Waals surface area contributed by atoms with Crippen LogP contribution >= 0.6 is 0 Å². The molecule has 1 saturated carbocycles. The maximum Gasteiger partial charge on any atom is 0.247 e. The van der Waals surface area contributed by atoms with Crippen LogP contribution in [0.2, 0.25) is 0 Å². The number of carbonyl (C=O) groups excluding carboxylic acids is 1. The summed E-state index contributed by atoms with van der Waals surface area (Å²) in [7, 11) is 0. The van der Waals surface area contributed by atoms with Crippen LogP contribution in [-0.4, -0.2) is 36.1 Å². The van der Waals surface area contributed by atoms with Gasteiger partial charge in [0.2, 0.25) is 5.91 Å². The lowest BCUT2D eigenvalue weighted by atomic mass is 10.3. The summed E-state index contributed by atoms with van der Waals surface area (Å²) in [6.07, 6.45) is 6.81. The average molecular weight is 245 g/mol. The minimum Gasteiger partial charge on any atom is -0.308 e. The Morgan fingerprint density at radius 3 is 2.94 bits per heavy atom. The van der Waals surface area contributed by atoms with E-state index in [1.807, 2.05) is 0 Å². The molecule has 2 aromatic heterocycles. The van der Waals surface area contributed by atoms with Gasteiger partial charge in [-0.05, 0) is 23.3 Å². The summed E-state index contributed by atoms with van der Waals surface area (Å²) in [5.74, 6) is 0.754. The van der Waals surface area contributed by atoms with Crippen molar-refractivity contribution in [3.8, 4) is 0 Å². The van der Waals surface area contributed by atoms with E-state index in [2.05, 4.69) is 30.8 Å². The van der Waals surface area contributed by atoms with Crippen LogP contribution < -0.4 is 5.32 Å². The second-order valence-corrected chi connectivity index (χ2v) is 4.12. The number of amides is 1. The lowest BCUT2D eigenvalue weighted by molar-refractivity contribution is -0.117. The number of anilines is 1. The highest BCUT2D eigenvalue weighted by Crippen LogP contribution is 2.41. The van der Waals surface area contributed by atoms with Crippen molar-refractivity contribution in [3.63, 3.8) is 0 Å². The van der Waals surface area contributed by atoms with Crippen LogP contribution in [0.1, 0.15) is 24.5 Å². The first kappa shape index (κ1) is 10.8. The van der Waals surface area contributed by atoms with E-state index < -0.39 is 0 Å². The summed E-state index contributed by atoms with van der Waals surface area (Å²) in [5, 5.41) is 13.3. The van der Waals surface area contributed by atoms with Crippen molar-refractivity contribution in [1.82, 2.24) is 30.2 Å². The molecule has 1 N–H and O–H groups in total. The van der Waals surface area contributed by atoms with Crippen molar-refractivity contribution in [3.05, 3.63) is 24.4 Å². The summed E-state index contributed by atoms with van der Waals surface area (Å²) in [6, 6.07) is 0. The molecule has 0 saturated heterocycles. The van der Waals surface area contributed by atoms with Crippen LogP contribution in [0.15, 0.2) is 18.7 Å². The molecule has 0 aromatic carbocycles. The van der Waals surface area contributed by atoms with E-state index in [0.29, 0.717) is 11.7 Å². The Labute approximate surface area is 102 Å². The molecular weight excluding hydrogens is 234 g/mol. The van der Waals surface area contributed by atoms with E-state index >= 15 is 0 Å². The summed E-state index contributed by atoms with van der Waals surface area (Å²) >= 11 is 0. The molecule has 1 aliphatic carbocycles. The lowest BCUT2D eigenvalue weighted by Gasteiger charge is -2.07. The first-order valence-corrected chi connectivity index (χ1v) is 5.64. The number of hydrogen-bond donors (Lipinski definition) is 1. The molecule has 92 valence electrons. The van der Waals surface area contributed by atoms with E-state index in [1.165, 1.54) is 11.0 Å². The van der Waals surface area contributed by atoms with Gasteiger partial charge in [0, 0.05) is 18.3 Å². The Hall–Kier alpha value is -2.38. The number of carbonyl (C=O) groups is 1. The zero-order chi connectivity index (χ0) is 12.4. The SMILES string of the molecule is O=C(Cn1cnnn1)Nc1nccnc1C1CC1. The van der Waals surface area contributed by atoms with Gasteiger partial charge in [-0.25, -0.2) is 9.67 Å². The van der Waals surface area contributed by atoms with E-state index in [1.54, 1.807) is 12.4 Å². The van der Waals surface area contributed by atoms with Crippen molar-refractivity contribution >= 4 is 11.7 Å². The number of tetrazole rings is 1. The van der Waals surface area contributed by atoms with Gasteiger partial charge in [-0.1, -0.05) is 0 Å². The summed E-state index contributed by atoms with van der Waals surface area (Å²) in [4.78, 5) is 20.2. The molecule has 0 spiro atoms. The maximum atomic E-state index is 11.8. The minimum atomic E-state index is -0.218. The molecule has 0 unspecified atom stereocenters. The third-order valence-electron chi connectivity index (χ3n) is 2.65. The summed E-state index contributed by atoms with van der Waals surface area (Å²) < 4.78 is 1.35. The number of nitrogens with zero attached hydrogens (tertiary/aromatic N) is 6. The van der Waals surface area contributed by atoms with E-state index in [4.69, 9.17) is 0 Å². The number of hydrogen-bond acceptors (Lipinski definition) is 6. The highest BCUT2D eigenvalue weighted by atomic mass is 16.2. The van der Waals surface area contributed by atoms with Gasteiger partial charge in [0.25, 0.3) is 0 Å². The Balaban J connectivity index is 1.70. The van der Waals surface area contributed by atoms with Crippen LogP contribution in [0.3, 0.4) is 0 Å². The van der Waals surface area contributed by atoms with Crippen LogP contribution in [-0.2, 0) is 11.3 Å². The van der Waals surface area contributed by atoms with Crippen molar-refractivity contribution in [2.75, 3.05) is 5.32 Å². The molecule has 0 atom stereocenters. The molecule has 2 aromatic rings. The van der Waals surface area contributed by atoms with Gasteiger partial charge in [0.15, 0.2) is 5.82 Å². The highest BCUT2D eigenvalue weighted by molar-refractivity contribution is 5.90. The number of nitrogens with one attached hydrogen (secondary N) is 1. The topological polar surface area (TPSA) is 98.5 Å². The maximum absolute atomic E-state index is 11.8. The predicted octanol–water partition coefficient (Wildman–Crippen LogP) is -0.0208. The van der Waals surface area contributed by atoms with Gasteiger partial charge in [-0.3, -0.25) is 9.78 Å². The van der Waals surface area contributed by atoms with Gasteiger partial charge < -0.3 is 5.32 Å². The van der Waals surface area contributed by atoms with Crippen LogP contribution in [0.5, 0.6) is 0 Å². The smallest absolute Gasteiger partial charge is 0.247 e. The highest BCUT2D eigenvalue weighted by Gasteiger charge is 2.28. The molecule has 3 rings (SSSR count). The van der Waals surface area contributed by atoms with Gasteiger partial charge in [0.05, 0.1) is 5.69 Å². The molecular formula is C10H11N7O. The van der Waals surface area contributed by atoms with Gasteiger partial charge in [0.1, 0.15) is 12.9 Å². The number of rotatable bonds is 4. The van der Waals surface area contributed by atoms with Gasteiger partial charge in [-0.15, -0.1) is 5.10 Å². The summed E-state index contributed by atoms with van der Waals surface area (Å²) in [6.45, 7) is 0.0632.